The number of aliphatic hydroxyl groups excluding tert-OH is 1. The second-order valence-corrected chi connectivity index (χ2v) is 11.0. The molecule has 0 bridgehead atoms. The number of aromatic nitrogens is 2. The average molecular weight is 616 g/mol. The Kier molecular flexibility index (Phi) is 11.5. The number of hydrogen-bond donors (Lipinski definition) is 3. The van der Waals surface area contributed by atoms with Gasteiger partial charge in [-0.25, -0.2) is 0 Å². The molecule has 2 amide bonds. The lowest BCUT2D eigenvalue weighted by Crippen LogP contribution is -2.48. The van der Waals surface area contributed by atoms with Crippen molar-refractivity contribution < 1.29 is 32.6 Å². The van der Waals surface area contributed by atoms with Crippen molar-refractivity contribution in [2.24, 2.45) is 0 Å². The molecule has 3 aromatic rings. The summed E-state index contributed by atoms with van der Waals surface area (Å²) in [5.41, 5.74) is 0.907. The number of hydrogen-bond acceptors (Lipinski definition) is 6. The van der Waals surface area contributed by atoms with Gasteiger partial charge >= 0.3 is 6.18 Å². The van der Waals surface area contributed by atoms with E-state index < -0.39 is 29.8 Å². The summed E-state index contributed by atoms with van der Waals surface area (Å²) >= 11 is 0. The number of methoxy groups -OCH3 is 1. The van der Waals surface area contributed by atoms with E-state index in [2.05, 4.69) is 15.7 Å². The molecule has 0 saturated carbocycles. The molecule has 0 spiro atoms. The van der Waals surface area contributed by atoms with Gasteiger partial charge < -0.3 is 25.4 Å². The van der Waals surface area contributed by atoms with Gasteiger partial charge in [0.1, 0.15) is 5.69 Å². The molecule has 238 valence electrons. The highest BCUT2D eigenvalue weighted by Gasteiger charge is 2.32. The number of ether oxygens (including phenoxy) is 1. The fourth-order valence-electron chi connectivity index (χ4n) is 5.48. The SMILES string of the molecule is CCn1nc(C(=O)N[C@@H](Cc2ccccc2)[C@@H](O)CNCc2cccc(C(F)(F)F)c2)cc1C(=O)N1CCCCC1COC. The van der Waals surface area contributed by atoms with E-state index in [0.717, 1.165) is 37.0 Å². The van der Waals surface area contributed by atoms with Crippen LogP contribution in [0.15, 0.2) is 60.7 Å². The largest absolute Gasteiger partial charge is 0.416 e. The van der Waals surface area contributed by atoms with Gasteiger partial charge in [0, 0.05) is 39.4 Å². The number of carbonyl (C=O) groups excluding carboxylic acids is 2. The lowest BCUT2D eigenvalue weighted by molar-refractivity contribution is -0.137. The van der Waals surface area contributed by atoms with E-state index in [1.165, 1.54) is 16.8 Å². The van der Waals surface area contributed by atoms with Gasteiger partial charge in [-0.2, -0.15) is 18.3 Å². The molecule has 2 aromatic carbocycles. The first-order valence-electron chi connectivity index (χ1n) is 14.9. The van der Waals surface area contributed by atoms with E-state index in [0.29, 0.717) is 37.4 Å². The second-order valence-electron chi connectivity index (χ2n) is 11.0. The normalized spacial score (nSPS) is 16.9. The minimum Gasteiger partial charge on any atom is -0.390 e. The Bertz CT molecular complexity index is 1380. The predicted molar refractivity (Wildman–Crippen MR) is 159 cm³/mol. The lowest BCUT2D eigenvalue weighted by atomic mass is 10.0. The Morgan fingerprint density at radius 1 is 1.09 bits per heavy atom. The third kappa shape index (κ3) is 8.67. The van der Waals surface area contributed by atoms with Crippen molar-refractivity contribution in [2.45, 2.75) is 70.1 Å². The lowest BCUT2D eigenvalue weighted by Gasteiger charge is -2.35. The number of piperidine rings is 1. The smallest absolute Gasteiger partial charge is 0.390 e. The Labute approximate surface area is 255 Å². The molecule has 0 radical (unpaired) electrons. The topological polar surface area (TPSA) is 109 Å². The molecule has 1 aromatic heterocycles. The van der Waals surface area contributed by atoms with Gasteiger partial charge in [-0.15, -0.1) is 0 Å². The highest BCUT2D eigenvalue weighted by atomic mass is 19.4. The third-order valence-electron chi connectivity index (χ3n) is 7.79. The molecule has 1 fully saturated rings. The minimum atomic E-state index is -4.45. The molecule has 1 saturated heterocycles. The highest BCUT2D eigenvalue weighted by Crippen LogP contribution is 2.29. The fourth-order valence-corrected chi connectivity index (χ4v) is 5.48. The molecule has 44 heavy (non-hydrogen) atoms. The Morgan fingerprint density at radius 3 is 2.55 bits per heavy atom. The molecular weight excluding hydrogens is 575 g/mol. The predicted octanol–water partition coefficient (Wildman–Crippen LogP) is 4.05. The van der Waals surface area contributed by atoms with E-state index in [1.807, 2.05) is 37.3 Å². The van der Waals surface area contributed by atoms with Gasteiger partial charge in [0.15, 0.2) is 5.69 Å². The van der Waals surface area contributed by atoms with Crippen LogP contribution < -0.4 is 10.6 Å². The molecule has 3 atom stereocenters. The van der Waals surface area contributed by atoms with Crippen molar-refractivity contribution in [3.05, 3.63) is 88.7 Å². The zero-order chi connectivity index (χ0) is 31.7. The molecule has 12 heteroatoms. The maximum absolute atomic E-state index is 13.6. The van der Waals surface area contributed by atoms with Crippen molar-refractivity contribution in [2.75, 3.05) is 26.8 Å². The van der Waals surface area contributed by atoms with Gasteiger partial charge in [0.05, 0.1) is 30.4 Å². The van der Waals surface area contributed by atoms with Crippen LogP contribution in [0, 0.1) is 0 Å². The minimum absolute atomic E-state index is 0.0109. The Balaban J connectivity index is 1.47. The van der Waals surface area contributed by atoms with Gasteiger partial charge in [0.2, 0.25) is 0 Å². The number of amides is 2. The zero-order valence-electron chi connectivity index (χ0n) is 25.0. The van der Waals surface area contributed by atoms with Crippen LogP contribution >= 0.6 is 0 Å². The summed E-state index contributed by atoms with van der Waals surface area (Å²) in [6.07, 6.45) is -2.49. The standard InChI is InChI=1S/C32H40F3N5O4/c1-3-40-28(31(43)39-15-8-7-14-25(39)21-44-2)18-27(38-40)30(42)37-26(17-22-10-5-4-6-11-22)29(41)20-36-19-23-12-9-13-24(16-23)32(33,34)35/h4-6,9-13,16,18,25-26,29,36,41H,3,7-8,14-15,17,19-21H2,1-2H3,(H,37,42)/t25?,26-,29-/m0/s1. The van der Waals surface area contributed by atoms with Crippen molar-refractivity contribution in [1.82, 2.24) is 25.3 Å². The van der Waals surface area contributed by atoms with Crippen molar-refractivity contribution in [1.29, 1.82) is 0 Å². The van der Waals surface area contributed by atoms with Crippen LogP contribution in [0.25, 0.3) is 0 Å². The number of likely N-dealkylation sites (tertiary alicyclic amines) is 1. The molecule has 1 unspecified atom stereocenters. The maximum Gasteiger partial charge on any atom is 0.416 e. The van der Waals surface area contributed by atoms with E-state index in [4.69, 9.17) is 4.74 Å². The van der Waals surface area contributed by atoms with Crippen LogP contribution in [-0.4, -0.2) is 76.6 Å². The summed E-state index contributed by atoms with van der Waals surface area (Å²) in [5, 5.41) is 21.4. The highest BCUT2D eigenvalue weighted by molar-refractivity contribution is 5.98. The molecule has 3 N–H and O–H groups in total. The first-order chi connectivity index (χ1) is 21.1. The van der Waals surface area contributed by atoms with Gasteiger partial charge in [-0.1, -0.05) is 48.5 Å². The molecule has 1 aliphatic rings. The maximum atomic E-state index is 13.6. The third-order valence-corrected chi connectivity index (χ3v) is 7.79. The summed E-state index contributed by atoms with van der Waals surface area (Å²) < 4.78 is 46.1. The van der Waals surface area contributed by atoms with Crippen molar-refractivity contribution in [3.63, 3.8) is 0 Å². The van der Waals surface area contributed by atoms with Crippen LogP contribution in [0.3, 0.4) is 0 Å². The van der Waals surface area contributed by atoms with Gasteiger partial charge in [0.25, 0.3) is 11.8 Å². The molecule has 1 aliphatic heterocycles. The second kappa shape index (κ2) is 15.3. The molecule has 0 aliphatic carbocycles. The summed E-state index contributed by atoms with van der Waals surface area (Å²) in [6.45, 7) is 3.36. The quantitative estimate of drug-likeness (QED) is 0.268. The number of carbonyl (C=O) groups is 2. The number of halogens is 3. The van der Waals surface area contributed by atoms with Crippen LogP contribution in [0.4, 0.5) is 13.2 Å². The summed E-state index contributed by atoms with van der Waals surface area (Å²) in [4.78, 5) is 28.8. The Morgan fingerprint density at radius 2 is 1.84 bits per heavy atom. The number of aliphatic hydroxyl groups is 1. The fraction of sp³-hybridized carbons (Fsp3) is 0.469. The monoisotopic (exact) mass is 615 g/mol. The molecule has 9 nitrogen and oxygen atoms in total. The number of alkyl halides is 3. The van der Waals surface area contributed by atoms with Crippen molar-refractivity contribution >= 4 is 11.8 Å². The summed E-state index contributed by atoms with van der Waals surface area (Å²) in [6, 6.07) is 15.0. The number of benzene rings is 2. The van der Waals surface area contributed by atoms with E-state index in [9.17, 15) is 27.9 Å². The molecule has 2 heterocycles. The van der Waals surface area contributed by atoms with Crippen LogP contribution in [0.2, 0.25) is 0 Å². The van der Waals surface area contributed by atoms with E-state index in [-0.39, 0.29) is 30.7 Å². The number of aryl methyl sites for hydroxylation is 1. The summed E-state index contributed by atoms with van der Waals surface area (Å²) in [5.74, 6) is -0.754. The first kappa shape index (κ1) is 33.2. The van der Waals surface area contributed by atoms with Crippen molar-refractivity contribution in [3.8, 4) is 0 Å². The van der Waals surface area contributed by atoms with Crippen LogP contribution in [0.1, 0.15) is 63.9 Å². The van der Waals surface area contributed by atoms with Gasteiger partial charge in [-0.3, -0.25) is 14.3 Å². The van der Waals surface area contributed by atoms with Crippen LogP contribution in [-0.2, 0) is 30.4 Å². The average Bonchev–Trinajstić information content (AvgIpc) is 3.46. The first-order valence-corrected chi connectivity index (χ1v) is 14.9. The van der Waals surface area contributed by atoms with E-state index in [1.54, 1.807) is 18.1 Å². The number of nitrogens with zero attached hydrogens (tertiary/aromatic N) is 3. The van der Waals surface area contributed by atoms with Gasteiger partial charge in [-0.05, 0) is 49.8 Å². The zero-order valence-corrected chi connectivity index (χ0v) is 25.0. The van der Waals surface area contributed by atoms with Crippen LogP contribution in [0.5, 0.6) is 0 Å². The number of rotatable bonds is 13. The number of nitrogens with one attached hydrogen (secondary N) is 2. The molecular formula is C32H40F3N5O4. The Hall–Kier alpha value is -3.74. The molecule has 4 rings (SSSR count). The summed E-state index contributed by atoms with van der Waals surface area (Å²) in [7, 11) is 1.61. The van der Waals surface area contributed by atoms with E-state index >= 15 is 0 Å².